The lowest BCUT2D eigenvalue weighted by Crippen LogP contribution is -2.26. The molecule has 1 aromatic heterocycles. The zero-order valence-electron chi connectivity index (χ0n) is 13.4. The minimum Gasteiger partial charge on any atom is -0.391 e. The summed E-state index contributed by atoms with van der Waals surface area (Å²) in [7, 11) is -3.23. The largest absolute Gasteiger partial charge is 0.391 e. The van der Waals surface area contributed by atoms with Gasteiger partial charge < -0.3 is 5.11 Å². The Labute approximate surface area is 144 Å². The van der Waals surface area contributed by atoms with Gasteiger partial charge in [0.2, 0.25) is 0 Å². The maximum absolute atomic E-state index is 12.8. The summed E-state index contributed by atoms with van der Waals surface area (Å²) >= 11 is 1.19. The number of aromatic nitrogens is 2. The Morgan fingerprint density at radius 1 is 1.33 bits per heavy atom. The van der Waals surface area contributed by atoms with E-state index in [0.29, 0.717) is 22.6 Å². The van der Waals surface area contributed by atoms with E-state index in [9.17, 15) is 18.3 Å². The first-order valence-corrected chi connectivity index (χ1v) is 10.7. The molecule has 6 nitrogen and oxygen atoms in total. The highest BCUT2D eigenvalue weighted by molar-refractivity contribution is 8.01. The van der Waals surface area contributed by atoms with Crippen LogP contribution in [-0.2, 0) is 16.4 Å². The molecule has 0 radical (unpaired) electrons. The van der Waals surface area contributed by atoms with E-state index < -0.39 is 21.2 Å². The second kappa shape index (κ2) is 6.85. The number of fused-ring (bicyclic) bond motifs is 1. The minimum atomic E-state index is -3.23. The van der Waals surface area contributed by atoms with Gasteiger partial charge in [-0.15, -0.1) is 0 Å². The van der Waals surface area contributed by atoms with Crippen LogP contribution in [0.3, 0.4) is 0 Å². The summed E-state index contributed by atoms with van der Waals surface area (Å²) in [6.07, 6.45) is 0.839. The summed E-state index contributed by atoms with van der Waals surface area (Å²) in [5.74, 6) is -0.313. The Morgan fingerprint density at radius 3 is 2.75 bits per heavy atom. The van der Waals surface area contributed by atoms with Crippen LogP contribution in [0.25, 0.3) is 10.9 Å². The highest BCUT2D eigenvalue weighted by atomic mass is 32.2. The molecule has 0 unspecified atom stereocenters. The predicted octanol–water partition coefficient (Wildman–Crippen LogP) is 1.45. The second-order valence-electron chi connectivity index (χ2n) is 6.02. The lowest BCUT2D eigenvalue weighted by molar-refractivity contribution is 0.207. The molecule has 1 aliphatic rings. The summed E-state index contributed by atoms with van der Waals surface area (Å²) < 4.78 is 25.0. The SMILES string of the molecule is CCCCn1c(S[C@@H]2CS(=O)(=O)C[C@@H]2O)nc2ccccc2c1=O. The second-order valence-corrected chi connectivity index (χ2v) is 9.38. The molecule has 24 heavy (non-hydrogen) atoms. The molecule has 0 amide bonds. The van der Waals surface area contributed by atoms with Gasteiger partial charge in [-0.1, -0.05) is 37.2 Å². The Kier molecular flexibility index (Phi) is 4.98. The van der Waals surface area contributed by atoms with E-state index in [1.165, 1.54) is 11.8 Å². The molecule has 2 aromatic rings. The topological polar surface area (TPSA) is 89.3 Å². The van der Waals surface area contributed by atoms with Crippen molar-refractivity contribution in [3.63, 3.8) is 0 Å². The number of aliphatic hydroxyl groups is 1. The van der Waals surface area contributed by atoms with Gasteiger partial charge in [-0.2, -0.15) is 0 Å². The van der Waals surface area contributed by atoms with Gasteiger partial charge in [0.1, 0.15) is 0 Å². The summed E-state index contributed by atoms with van der Waals surface area (Å²) in [5.41, 5.74) is 0.472. The standard InChI is InChI=1S/C16H20N2O4S2/c1-2-3-8-18-15(20)11-6-4-5-7-12(11)17-16(18)23-14-10-24(21,22)9-13(14)19/h4-7,13-14,19H,2-3,8-10H2,1H3/t13-,14+/m0/s1. The lowest BCUT2D eigenvalue weighted by atomic mass is 10.2. The zero-order valence-corrected chi connectivity index (χ0v) is 15.0. The molecule has 0 spiro atoms. The fourth-order valence-corrected chi connectivity index (χ4v) is 6.40. The minimum absolute atomic E-state index is 0.0880. The van der Waals surface area contributed by atoms with Crippen LogP contribution in [0.4, 0.5) is 0 Å². The summed E-state index contributed by atoms with van der Waals surface area (Å²) in [4.78, 5) is 17.3. The van der Waals surface area contributed by atoms with E-state index in [-0.39, 0.29) is 17.1 Å². The van der Waals surface area contributed by atoms with E-state index in [4.69, 9.17) is 0 Å². The highest BCUT2D eigenvalue weighted by Gasteiger charge is 2.38. The van der Waals surface area contributed by atoms with Crippen molar-refractivity contribution >= 4 is 32.5 Å². The molecule has 0 aliphatic carbocycles. The molecule has 1 aromatic carbocycles. The van der Waals surface area contributed by atoms with Crippen molar-refractivity contribution in [3.05, 3.63) is 34.6 Å². The monoisotopic (exact) mass is 368 g/mol. The van der Waals surface area contributed by atoms with Crippen molar-refractivity contribution in [2.45, 2.75) is 42.8 Å². The number of nitrogens with zero attached hydrogens (tertiary/aromatic N) is 2. The number of unbranched alkanes of at least 4 members (excludes halogenated alkanes) is 1. The number of hydrogen-bond acceptors (Lipinski definition) is 6. The fourth-order valence-electron chi connectivity index (χ4n) is 2.80. The predicted molar refractivity (Wildman–Crippen MR) is 95.2 cm³/mol. The van der Waals surface area contributed by atoms with Gasteiger partial charge in [0, 0.05) is 6.54 Å². The van der Waals surface area contributed by atoms with Crippen molar-refractivity contribution in [1.82, 2.24) is 9.55 Å². The fraction of sp³-hybridized carbons (Fsp3) is 0.500. The van der Waals surface area contributed by atoms with E-state index >= 15 is 0 Å². The third kappa shape index (κ3) is 3.50. The first-order chi connectivity index (χ1) is 11.4. The molecule has 130 valence electrons. The molecule has 1 saturated heterocycles. The molecule has 1 fully saturated rings. The third-order valence-electron chi connectivity index (χ3n) is 4.09. The Balaban J connectivity index is 2.03. The Morgan fingerprint density at radius 2 is 2.08 bits per heavy atom. The molecule has 0 bridgehead atoms. The molecule has 2 atom stereocenters. The normalized spacial score (nSPS) is 22.9. The number of para-hydroxylation sites is 1. The Bertz CT molecular complexity index is 908. The molecule has 2 heterocycles. The molecule has 0 saturated carbocycles. The van der Waals surface area contributed by atoms with Gasteiger partial charge in [0.05, 0.1) is 33.8 Å². The average Bonchev–Trinajstić information content (AvgIpc) is 2.79. The quantitative estimate of drug-likeness (QED) is 0.804. The maximum atomic E-state index is 12.8. The average molecular weight is 368 g/mol. The number of sulfone groups is 1. The lowest BCUT2D eigenvalue weighted by Gasteiger charge is -2.16. The smallest absolute Gasteiger partial charge is 0.262 e. The number of rotatable bonds is 5. The van der Waals surface area contributed by atoms with Gasteiger partial charge in [-0.25, -0.2) is 13.4 Å². The van der Waals surface area contributed by atoms with E-state index in [2.05, 4.69) is 4.98 Å². The van der Waals surface area contributed by atoms with Crippen LogP contribution in [0.1, 0.15) is 19.8 Å². The number of benzene rings is 1. The van der Waals surface area contributed by atoms with Gasteiger partial charge in [-0.05, 0) is 18.6 Å². The molecule has 1 aliphatic heterocycles. The van der Waals surface area contributed by atoms with Crippen LogP contribution >= 0.6 is 11.8 Å². The number of thioether (sulfide) groups is 1. The van der Waals surface area contributed by atoms with Crippen LogP contribution in [0.5, 0.6) is 0 Å². The van der Waals surface area contributed by atoms with Crippen LogP contribution in [-0.4, -0.2) is 45.9 Å². The third-order valence-corrected chi connectivity index (χ3v) is 7.32. The molecular weight excluding hydrogens is 348 g/mol. The first-order valence-electron chi connectivity index (χ1n) is 7.96. The van der Waals surface area contributed by atoms with E-state index in [1.54, 1.807) is 22.8 Å². The van der Waals surface area contributed by atoms with Crippen LogP contribution < -0.4 is 5.56 Å². The van der Waals surface area contributed by atoms with Gasteiger partial charge >= 0.3 is 0 Å². The number of hydrogen-bond donors (Lipinski definition) is 1. The van der Waals surface area contributed by atoms with Crippen molar-refractivity contribution in [1.29, 1.82) is 0 Å². The number of aliphatic hydroxyl groups excluding tert-OH is 1. The van der Waals surface area contributed by atoms with Gasteiger partial charge in [0.15, 0.2) is 15.0 Å². The van der Waals surface area contributed by atoms with E-state index in [0.717, 1.165) is 12.8 Å². The van der Waals surface area contributed by atoms with Gasteiger partial charge in [-0.3, -0.25) is 9.36 Å². The highest BCUT2D eigenvalue weighted by Crippen LogP contribution is 2.30. The Hall–Kier alpha value is -1.38. The van der Waals surface area contributed by atoms with Crippen LogP contribution in [0, 0.1) is 0 Å². The summed E-state index contributed by atoms with van der Waals surface area (Å²) in [5, 5.41) is 10.6. The zero-order chi connectivity index (χ0) is 17.3. The van der Waals surface area contributed by atoms with Gasteiger partial charge in [0.25, 0.3) is 5.56 Å². The summed E-state index contributed by atoms with van der Waals surface area (Å²) in [6.45, 7) is 2.57. The first kappa shape index (κ1) is 17.4. The van der Waals surface area contributed by atoms with Crippen LogP contribution in [0.15, 0.2) is 34.2 Å². The van der Waals surface area contributed by atoms with Crippen LogP contribution in [0.2, 0.25) is 0 Å². The molecule has 3 rings (SSSR count). The molecule has 8 heteroatoms. The van der Waals surface area contributed by atoms with Crippen molar-refractivity contribution in [3.8, 4) is 0 Å². The van der Waals surface area contributed by atoms with Crippen molar-refractivity contribution in [2.75, 3.05) is 11.5 Å². The summed E-state index contributed by atoms with van der Waals surface area (Å²) in [6, 6.07) is 7.13. The maximum Gasteiger partial charge on any atom is 0.262 e. The molecule has 1 N–H and O–H groups in total. The van der Waals surface area contributed by atoms with Crippen molar-refractivity contribution in [2.24, 2.45) is 0 Å². The van der Waals surface area contributed by atoms with E-state index in [1.807, 2.05) is 13.0 Å². The molecular formula is C16H20N2O4S2. The van der Waals surface area contributed by atoms with Crippen molar-refractivity contribution < 1.29 is 13.5 Å².